The van der Waals surface area contributed by atoms with Gasteiger partial charge in [0, 0.05) is 5.69 Å². The minimum atomic E-state index is -0.368. The van der Waals surface area contributed by atoms with Crippen molar-refractivity contribution in [2.24, 2.45) is 5.10 Å². The van der Waals surface area contributed by atoms with Gasteiger partial charge in [-0.05, 0) is 36.2 Å². The molecule has 22 heavy (non-hydrogen) atoms. The highest BCUT2D eigenvalue weighted by molar-refractivity contribution is 5.86. The number of para-hydroxylation sites is 1. The Kier molecular flexibility index (Phi) is 5.65. The maximum Gasteiger partial charge on any atom is 0.262 e. The van der Waals surface area contributed by atoms with Gasteiger partial charge in [0.2, 0.25) is 0 Å². The van der Waals surface area contributed by atoms with Gasteiger partial charge in [0.05, 0.1) is 6.21 Å². The molecule has 0 saturated heterocycles. The van der Waals surface area contributed by atoms with Crippen LogP contribution in [0.2, 0.25) is 0 Å². The minimum absolute atomic E-state index is 0.218. The van der Waals surface area contributed by atoms with E-state index in [4.69, 9.17) is 0 Å². The monoisotopic (exact) mass is 299 g/mol. The van der Waals surface area contributed by atoms with E-state index < -0.39 is 0 Å². The molecule has 0 fully saturated rings. The van der Waals surface area contributed by atoms with E-state index in [-0.39, 0.29) is 17.8 Å². The number of anilines is 1. The van der Waals surface area contributed by atoms with Crippen LogP contribution in [0, 0.1) is 5.82 Å². The van der Waals surface area contributed by atoms with Crippen molar-refractivity contribution in [3.63, 3.8) is 0 Å². The first-order valence-electron chi connectivity index (χ1n) is 7.09. The molecule has 0 bridgehead atoms. The van der Waals surface area contributed by atoms with Gasteiger partial charge in [-0.25, -0.2) is 9.82 Å². The Morgan fingerprint density at radius 3 is 2.50 bits per heavy atom. The highest BCUT2D eigenvalue weighted by Crippen LogP contribution is 2.09. The van der Waals surface area contributed by atoms with Crippen LogP contribution in [0.15, 0.2) is 59.7 Å². The molecule has 1 unspecified atom stereocenters. The Labute approximate surface area is 129 Å². The van der Waals surface area contributed by atoms with E-state index in [0.717, 1.165) is 5.69 Å². The molecule has 0 aliphatic carbocycles. The Morgan fingerprint density at radius 2 is 1.86 bits per heavy atom. The predicted octanol–water partition coefficient (Wildman–Crippen LogP) is 3.17. The largest absolute Gasteiger partial charge is 0.374 e. The smallest absolute Gasteiger partial charge is 0.262 e. The fraction of sp³-hybridized carbons (Fsp3) is 0.176. The number of halogens is 1. The first kappa shape index (κ1) is 15.7. The van der Waals surface area contributed by atoms with E-state index in [9.17, 15) is 9.18 Å². The fourth-order valence-electron chi connectivity index (χ4n) is 1.89. The maximum absolute atomic E-state index is 12.8. The number of hydrogen-bond donors (Lipinski definition) is 2. The lowest BCUT2D eigenvalue weighted by molar-refractivity contribution is -0.121. The van der Waals surface area contributed by atoms with Gasteiger partial charge in [0.1, 0.15) is 11.9 Å². The number of carbonyl (C=O) groups excluding carboxylic acids is 1. The molecular formula is C17H18FN3O. The van der Waals surface area contributed by atoms with Crippen molar-refractivity contribution < 1.29 is 9.18 Å². The third kappa shape index (κ3) is 4.70. The van der Waals surface area contributed by atoms with Crippen LogP contribution in [0.1, 0.15) is 18.9 Å². The maximum atomic E-state index is 12.8. The summed E-state index contributed by atoms with van der Waals surface area (Å²) >= 11 is 0. The molecule has 4 nitrogen and oxygen atoms in total. The van der Waals surface area contributed by atoms with Crippen molar-refractivity contribution in [2.45, 2.75) is 19.4 Å². The zero-order valence-corrected chi connectivity index (χ0v) is 12.3. The lowest BCUT2D eigenvalue weighted by atomic mass is 10.2. The van der Waals surface area contributed by atoms with Crippen LogP contribution < -0.4 is 10.7 Å². The molecule has 1 atom stereocenters. The third-order valence-electron chi connectivity index (χ3n) is 3.10. The number of rotatable bonds is 6. The molecule has 0 aliphatic rings. The summed E-state index contributed by atoms with van der Waals surface area (Å²) in [5.41, 5.74) is 4.09. The Bertz CT molecular complexity index is 626. The average molecular weight is 299 g/mol. The lowest BCUT2D eigenvalue weighted by Gasteiger charge is -2.16. The van der Waals surface area contributed by atoms with Gasteiger partial charge in [0.25, 0.3) is 5.91 Å². The second-order valence-electron chi connectivity index (χ2n) is 4.76. The van der Waals surface area contributed by atoms with E-state index in [1.807, 2.05) is 37.3 Å². The highest BCUT2D eigenvalue weighted by Gasteiger charge is 2.15. The minimum Gasteiger partial charge on any atom is -0.374 e. The fourth-order valence-corrected chi connectivity index (χ4v) is 1.89. The molecule has 0 spiro atoms. The summed E-state index contributed by atoms with van der Waals surface area (Å²) in [6, 6.07) is 15.0. The zero-order valence-electron chi connectivity index (χ0n) is 12.3. The Balaban J connectivity index is 1.90. The Hall–Kier alpha value is -2.69. The summed E-state index contributed by atoms with van der Waals surface area (Å²) in [6.45, 7) is 1.92. The molecule has 1 amide bonds. The van der Waals surface area contributed by atoms with Crippen LogP contribution in [-0.4, -0.2) is 18.2 Å². The number of amides is 1. The normalized spacial score (nSPS) is 12.1. The van der Waals surface area contributed by atoms with Gasteiger partial charge in [-0.2, -0.15) is 5.10 Å². The molecule has 0 radical (unpaired) electrons. The summed E-state index contributed by atoms with van der Waals surface area (Å²) in [4.78, 5) is 12.1. The van der Waals surface area contributed by atoms with Gasteiger partial charge in [-0.1, -0.05) is 37.3 Å². The quantitative estimate of drug-likeness (QED) is 0.636. The molecule has 2 N–H and O–H groups in total. The number of hydrazone groups is 1. The van der Waals surface area contributed by atoms with Gasteiger partial charge in [-0.15, -0.1) is 0 Å². The number of nitrogens with one attached hydrogen (secondary N) is 2. The number of hydrogen-bond acceptors (Lipinski definition) is 3. The van der Waals surface area contributed by atoms with E-state index in [2.05, 4.69) is 15.8 Å². The van der Waals surface area contributed by atoms with Crippen molar-refractivity contribution >= 4 is 17.8 Å². The second-order valence-corrected chi connectivity index (χ2v) is 4.76. The lowest BCUT2D eigenvalue weighted by Crippen LogP contribution is -2.36. The van der Waals surface area contributed by atoms with Crippen LogP contribution in [0.4, 0.5) is 10.1 Å². The van der Waals surface area contributed by atoms with Gasteiger partial charge in [0.15, 0.2) is 0 Å². The van der Waals surface area contributed by atoms with Crippen molar-refractivity contribution in [3.05, 3.63) is 66.0 Å². The van der Waals surface area contributed by atoms with Gasteiger partial charge < -0.3 is 5.32 Å². The van der Waals surface area contributed by atoms with Crippen LogP contribution in [0.25, 0.3) is 0 Å². The molecule has 2 rings (SSSR count). The van der Waals surface area contributed by atoms with E-state index >= 15 is 0 Å². The second kappa shape index (κ2) is 7.93. The number of nitrogens with zero attached hydrogens (tertiary/aromatic N) is 1. The molecule has 0 aliphatic heterocycles. The summed E-state index contributed by atoms with van der Waals surface area (Å²) in [5, 5.41) is 7.04. The SMILES string of the molecule is CCC(Nc1ccccc1)C(=O)N/N=C/c1ccc(F)cc1. The van der Waals surface area contributed by atoms with Crippen molar-refractivity contribution in [2.75, 3.05) is 5.32 Å². The summed E-state index contributed by atoms with van der Waals surface area (Å²) in [6.07, 6.45) is 2.11. The molecule has 0 aromatic heterocycles. The van der Waals surface area contributed by atoms with Crippen LogP contribution >= 0.6 is 0 Å². The van der Waals surface area contributed by atoms with Crippen molar-refractivity contribution in [3.8, 4) is 0 Å². The Morgan fingerprint density at radius 1 is 1.18 bits per heavy atom. The van der Waals surface area contributed by atoms with Crippen LogP contribution in [-0.2, 0) is 4.79 Å². The molecule has 2 aromatic rings. The molecular weight excluding hydrogens is 281 g/mol. The standard InChI is InChI=1S/C17H18FN3O/c1-2-16(20-15-6-4-3-5-7-15)17(22)21-19-12-13-8-10-14(18)11-9-13/h3-12,16,20H,2H2,1H3,(H,21,22)/b19-12+. The van der Waals surface area contributed by atoms with E-state index in [1.165, 1.54) is 18.3 Å². The summed E-state index contributed by atoms with van der Waals surface area (Å²) in [7, 11) is 0. The molecule has 114 valence electrons. The van der Waals surface area contributed by atoms with Crippen LogP contribution in [0.5, 0.6) is 0 Å². The highest BCUT2D eigenvalue weighted by atomic mass is 19.1. The van der Waals surface area contributed by atoms with E-state index in [1.54, 1.807) is 12.1 Å². The summed E-state index contributed by atoms with van der Waals surface area (Å²) < 4.78 is 12.8. The topological polar surface area (TPSA) is 53.5 Å². The van der Waals surface area contributed by atoms with E-state index in [0.29, 0.717) is 12.0 Å². The van der Waals surface area contributed by atoms with Gasteiger partial charge in [-0.3, -0.25) is 4.79 Å². The van der Waals surface area contributed by atoms with Crippen molar-refractivity contribution in [1.82, 2.24) is 5.43 Å². The average Bonchev–Trinajstić information content (AvgIpc) is 2.55. The first-order chi connectivity index (χ1) is 10.7. The zero-order chi connectivity index (χ0) is 15.8. The molecule has 0 heterocycles. The van der Waals surface area contributed by atoms with Crippen molar-refractivity contribution in [1.29, 1.82) is 0 Å². The molecule has 0 saturated carbocycles. The number of carbonyl (C=O) groups is 1. The first-order valence-corrected chi connectivity index (χ1v) is 7.09. The molecule has 2 aromatic carbocycles. The predicted molar refractivity (Wildman–Crippen MR) is 86.3 cm³/mol. The van der Waals surface area contributed by atoms with Gasteiger partial charge >= 0.3 is 0 Å². The molecule has 5 heteroatoms. The van der Waals surface area contributed by atoms with Crippen LogP contribution in [0.3, 0.4) is 0 Å². The number of benzene rings is 2. The third-order valence-corrected chi connectivity index (χ3v) is 3.10. The summed E-state index contributed by atoms with van der Waals surface area (Å²) in [5.74, 6) is -0.524.